The monoisotopic (exact) mass is 670 g/mol. The molecule has 2 rings (SSSR count). The summed E-state index contributed by atoms with van der Waals surface area (Å²) in [7, 11) is 3.18. The number of esters is 1. The predicted molar refractivity (Wildman–Crippen MR) is 191 cm³/mol. The predicted octanol–water partition coefficient (Wildman–Crippen LogP) is 6.76. The summed E-state index contributed by atoms with van der Waals surface area (Å²) in [5.41, 5.74) is 4.88. The van der Waals surface area contributed by atoms with E-state index < -0.39 is 5.97 Å². The lowest BCUT2D eigenvalue weighted by molar-refractivity contribution is -0.141. The minimum absolute atomic E-state index is 0.00869. The number of carbonyl (C=O) groups excluding carboxylic acids is 3. The van der Waals surface area contributed by atoms with Gasteiger partial charge < -0.3 is 29.6 Å². The topological polar surface area (TPSA) is 112 Å². The lowest BCUT2D eigenvalue weighted by Crippen LogP contribution is -2.29. The van der Waals surface area contributed by atoms with Crippen molar-refractivity contribution in [3.8, 4) is 0 Å². The van der Waals surface area contributed by atoms with Gasteiger partial charge in [0.15, 0.2) is 11.6 Å². The molecule has 270 valence electrons. The fourth-order valence-corrected chi connectivity index (χ4v) is 6.76. The van der Waals surface area contributed by atoms with Crippen LogP contribution < -0.4 is 10.6 Å². The Kier molecular flexibility index (Phi) is 17.4. The smallest absolute Gasteiger partial charge is 0.342 e. The van der Waals surface area contributed by atoms with Gasteiger partial charge in [-0.25, -0.2) is 4.79 Å². The highest BCUT2D eigenvalue weighted by molar-refractivity contribution is 6.17. The van der Waals surface area contributed by atoms with Crippen molar-refractivity contribution in [1.82, 2.24) is 10.6 Å². The van der Waals surface area contributed by atoms with Crippen molar-refractivity contribution in [1.29, 1.82) is 0 Å². The van der Waals surface area contributed by atoms with Gasteiger partial charge in [-0.2, -0.15) is 0 Å². The first-order valence-electron chi connectivity index (χ1n) is 17.5. The van der Waals surface area contributed by atoms with Crippen molar-refractivity contribution in [2.75, 3.05) is 53.7 Å². The van der Waals surface area contributed by atoms with Crippen molar-refractivity contribution in [2.45, 2.75) is 93.9 Å². The van der Waals surface area contributed by atoms with Crippen LogP contribution in [0.2, 0.25) is 0 Å². The Labute approximate surface area is 289 Å². The van der Waals surface area contributed by atoms with Crippen LogP contribution in [0.15, 0.2) is 57.7 Å². The number of methoxy groups -OCH3 is 2. The number of carbonyl (C=O) groups is 3. The highest BCUT2D eigenvalue weighted by atomic mass is 16.6. The third-order valence-electron chi connectivity index (χ3n) is 8.83. The largest absolute Gasteiger partial charge is 0.491 e. The number of allylic oxidation sites excluding steroid dienone is 8. The molecule has 2 aliphatic carbocycles. The molecule has 0 aromatic carbocycles. The van der Waals surface area contributed by atoms with Crippen LogP contribution in [-0.2, 0) is 33.3 Å². The van der Waals surface area contributed by atoms with Crippen molar-refractivity contribution in [2.24, 2.45) is 23.2 Å². The molecule has 0 radical (unpaired) electrons. The molecule has 9 nitrogen and oxygen atoms in total. The Morgan fingerprint density at radius 3 is 1.88 bits per heavy atom. The summed E-state index contributed by atoms with van der Waals surface area (Å²) in [4.78, 5) is 37.9. The second-order valence-electron chi connectivity index (χ2n) is 14.4. The van der Waals surface area contributed by atoms with Gasteiger partial charge in [0.2, 0.25) is 0 Å². The van der Waals surface area contributed by atoms with E-state index >= 15 is 0 Å². The maximum absolute atomic E-state index is 12.8. The average Bonchev–Trinajstić information content (AvgIpc) is 2.98. The molecule has 2 aliphatic rings. The third kappa shape index (κ3) is 13.7. The second-order valence-corrected chi connectivity index (χ2v) is 14.4. The van der Waals surface area contributed by atoms with Gasteiger partial charge in [0.1, 0.15) is 24.5 Å². The zero-order chi connectivity index (χ0) is 35.9. The maximum Gasteiger partial charge on any atom is 0.342 e. The number of hydrogen-bond donors (Lipinski definition) is 2. The summed E-state index contributed by atoms with van der Waals surface area (Å²) < 4.78 is 21.3. The molecule has 3 atom stereocenters. The van der Waals surface area contributed by atoms with Crippen LogP contribution in [0, 0.1) is 23.2 Å². The van der Waals surface area contributed by atoms with Gasteiger partial charge in [-0.15, -0.1) is 0 Å². The minimum Gasteiger partial charge on any atom is -0.491 e. The molecule has 0 spiro atoms. The van der Waals surface area contributed by atoms with Crippen LogP contribution in [0.5, 0.6) is 0 Å². The van der Waals surface area contributed by atoms with Crippen molar-refractivity contribution >= 4 is 17.5 Å². The molecule has 0 heterocycles. The van der Waals surface area contributed by atoms with Gasteiger partial charge in [-0.3, -0.25) is 9.59 Å². The van der Waals surface area contributed by atoms with Crippen LogP contribution in [0.4, 0.5) is 0 Å². The highest BCUT2D eigenvalue weighted by Crippen LogP contribution is 2.34. The van der Waals surface area contributed by atoms with E-state index in [1.807, 2.05) is 19.1 Å². The van der Waals surface area contributed by atoms with Gasteiger partial charge in [-0.1, -0.05) is 34.6 Å². The molecule has 0 aromatic rings. The molecule has 48 heavy (non-hydrogen) atoms. The van der Waals surface area contributed by atoms with E-state index in [2.05, 4.69) is 51.3 Å². The molecule has 0 fully saturated rings. The van der Waals surface area contributed by atoms with Crippen LogP contribution in [0.25, 0.3) is 0 Å². The molecule has 0 amide bonds. The molecule has 9 heteroatoms. The summed E-state index contributed by atoms with van der Waals surface area (Å²) in [6.45, 7) is 19.1. The number of ether oxygens (including phenoxy) is 4. The van der Waals surface area contributed by atoms with Gasteiger partial charge >= 0.3 is 5.97 Å². The van der Waals surface area contributed by atoms with Gasteiger partial charge in [0.25, 0.3) is 0 Å². The van der Waals surface area contributed by atoms with E-state index in [1.165, 1.54) is 6.92 Å². The number of nitrogens with one attached hydrogen (secondary N) is 2. The van der Waals surface area contributed by atoms with Crippen molar-refractivity contribution in [3.63, 3.8) is 0 Å². The Morgan fingerprint density at radius 2 is 1.35 bits per heavy atom. The molecule has 0 aromatic heterocycles. The van der Waals surface area contributed by atoms with E-state index in [9.17, 15) is 14.4 Å². The Hall–Kier alpha value is -3.17. The molecule has 0 aliphatic heterocycles. The average molecular weight is 671 g/mol. The first-order valence-corrected chi connectivity index (χ1v) is 17.5. The lowest BCUT2D eigenvalue weighted by atomic mass is 9.80. The normalized spacial score (nSPS) is 21.4. The molecule has 3 unspecified atom stereocenters. The standard InChI is InChI=1S/C39H62N2O7/c1-11-35(47-16-14-45-9)36(29(5)42)31-18-26(2)21-34(22-31)41-25-28(4)24-39(7,8)12-13-40-33-20-27(3)19-32(23-33)37(30(6)43)38(44)48-17-15-46-10/h11,22-23,26-28,40-41H,12-21,24-25H2,1-10H3/b35-11?,36-31+,37-32+. The fraction of sp³-hybridized carbons (Fsp3) is 0.667. The minimum atomic E-state index is -0.581. The molecule has 0 bridgehead atoms. The third-order valence-corrected chi connectivity index (χ3v) is 8.83. The van der Waals surface area contributed by atoms with E-state index in [0.29, 0.717) is 48.7 Å². The number of hydrogen-bond acceptors (Lipinski definition) is 9. The quantitative estimate of drug-likeness (QED) is 0.0362. The van der Waals surface area contributed by atoms with Crippen LogP contribution in [0.1, 0.15) is 93.9 Å². The van der Waals surface area contributed by atoms with Crippen molar-refractivity contribution in [3.05, 3.63) is 57.7 Å². The van der Waals surface area contributed by atoms with Gasteiger partial charge in [0.05, 0.1) is 18.8 Å². The zero-order valence-electron chi connectivity index (χ0n) is 31.3. The Morgan fingerprint density at radius 1 is 0.833 bits per heavy atom. The number of rotatable bonds is 20. The van der Waals surface area contributed by atoms with Crippen molar-refractivity contribution < 1.29 is 33.3 Å². The number of ketones is 2. The van der Waals surface area contributed by atoms with E-state index in [-0.39, 0.29) is 35.8 Å². The molecular weight excluding hydrogens is 608 g/mol. The SMILES string of the molecule is CC=C(OCCOC)/C(C(C)=O)=C1/C=C(NCC(C)CC(C)(C)CCNC2=C/C(=C(\C(C)=O)C(=O)OCCOC)CC(C)C2)CC(C)C1. The first-order chi connectivity index (χ1) is 22.7. The highest BCUT2D eigenvalue weighted by Gasteiger charge is 2.27. The molecule has 0 saturated carbocycles. The number of Topliss-reactive ketones (excluding diaryl/α,β-unsaturated/α-hetero) is 2. The first kappa shape index (κ1) is 41.0. The molecule has 2 N–H and O–H groups in total. The summed E-state index contributed by atoms with van der Waals surface area (Å²) in [5.74, 6) is 0.925. The van der Waals surface area contributed by atoms with Gasteiger partial charge in [0, 0.05) is 38.7 Å². The summed E-state index contributed by atoms with van der Waals surface area (Å²) in [6.07, 6.45) is 11.3. The summed E-state index contributed by atoms with van der Waals surface area (Å²) in [5, 5.41) is 7.31. The summed E-state index contributed by atoms with van der Waals surface area (Å²) >= 11 is 0. The van der Waals surface area contributed by atoms with Crippen LogP contribution in [0.3, 0.4) is 0 Å². The lowest BCUT2D eigenvalue weighted by Gasteiger charge is -2.31. The Bertz CT molecular complexity index is 1270. The van der Waals surface area contributed by atoms with Gasteiger partial charge in [-0.05, 0) is 112 Å². The van der Waals surface area contributed by atoms with E-state index in [1.54, 1.807) is 21.1 Å². The Balaban J connectivity index is 2.03. The molecule has 0 saturated heterocycles. The van der Waals surface area contributed by atoms with E-state index in [4.69, 9.17) is 18.9 Å². The molecular formula is C39H62N2O7. The van der Waals surface area contributed by atoms with E-state index in [0.717, 1.165) is 67.7 Å². The zero-order valence-corrected chi connectivity index (χ0v) is 31.3. The van der Waals surface area contributed by atoms with Crippen LogP contribution >= 0.6 is 0 Å². The maximum atomic E-state index is 12.8. The van der Waals surface area contributed by atoms with Crippen LogP contribution in [-0.4, -0.2) is 71.3 Å². The summed E-state index contributed by atoms with van der Waals surface area (Å²) in [6, 6.07) is 0. The fourth-order valence-electron chi connectivity index (χ4n) is 6.76. The second kappa shape index (κ2) is 20.4.